The van der Waals surface area contributed by atoms with E-state index in [9.17, 15) is 9.59 Å². The van der Waals surface area contributed by atoms with Gasteiger partial charge >= 0.3 is 6.03 Å². The average molecular weight is 283 g/mol. The van der Waals surface area contributed by atoms with Gasteiger partial charge in [0.05, 0.1) is 6.61 Å². The first-order valence-corrected chi connectivity index (χ1v) is 6.54. The zero-order valence-corrected chi connectivity index (χ0v) is 11.3. The molecule has 1 N–H and O–H groups in total. The summed E-state index contributed by atoms with van der Waals surface area (Å²) in [6.07, 6.45) is 1.73. The predicted octanol–water partition coefficient (Wildman–Crippen LogP) is 2.66. The highest BCUT2D eigenvalue weighted by Gasteiger charge is 2.40. The molecule has 1 atom stereocenters. The van der Waals surface area contributed by atoms with Crippen LogP contribution >= 0.6 is 11.6 Å². The third-order valence-electron chi connectivity index (χ3n) is 2.82. The number of amides is 3. The van der Waals surface area contributed by atoms with Crippen molar-refractivity contribution in [2.24, 2.45) is 0 Å². The fourth-order valence-electron chi connectivity index (χ4n) is 1.76. The van der Waals surface area contributed by atoms with Gasteiger partial charge in [0.2, 0.25) is 0 Å². The highest BCUT2D eigenvalue weighted by atomic mass is 35.5. The first-order valence-electron chi connectivity index (χ1n) is 6.16. The summed E-state index contributed by atoms with van der Waals surface area (Å²) in [5.41, 5.74) is 0.685. The predicted molar refractivity (Wildman–Crippen MR) is 70.4 cm³/mol. The molecule has 1 aliphatic heterocycles. The van der Waals surface area contributed by atoms with Crippen LogP contribution in [0.1, 0.15) is 31.4 Å². The summed E-state index contributed by atoms with van der Waals surface area (Å²) in [6.45, 7) is 2.36. The summed E-state index contributed by atoms with van der Waals surface area (Å²) >= 11 is 5.79. The van der Waals surface area contributed by atoms with Crippen molar-refractivity contribution in [3.8, 4) is 0 Å². The quantitative estimate of drug-likeness (QED) is 0.667. The number of nitrogens with one attached hydrogen (secondary N) is 1. The smallest absolute Gasteiger partial charge is 0.320 e. The van der Waals surface area contributed by atoms with Crippen LogP contribution in [0.2, 0.25) is 5.02 Å². The summed E-state index contributed by atoms with van der Waals surface area (Å²) in [5, 5.41) is 3.97. The molecule has 5 nitrogen and oxygen atoms in total. The lowest BCUT2D eigenvalue weighted by molar-refractivity contribution is -0.164. The molecule has 1 aromatic carbocycles. The van der Waals surface area contributed by atoms with Crippen LogP contribution < -0.4 is 5.32 Å². The van der Waals surface area contributed by atoms with Crippen molar-refractivity contribution in [3.63, 3.8) is 0 Å². The number of carbonyl (C=O) groups is 2. The number of nitrogens with zero attached hydrogens (tertiary/aromatic N) is 1. The number of urea groups is 1. The van der Waals surface area contributed by atoms with Crippen LogP contribution in [0.5, 0.6) is 0 Å². The molecule has 19 heavy (non-hydrogen) atoms. The van der Waals surface area contributed by atoms with Crippen LogP contribution in [0.15, 0.2) is 24.3 Å². The van der Waals surface area contributed by atoms with E-state index in [0.29, 0.717) is 17.2 Å². The van der Waals surface area contributed by atoms with Gasteiger partial charge in [-0.2, -0.15) is 0 Å². The highest BCUT2D eigenvalue weighted by Crippen LogP contribution is 2.23. The van der Waals surface area contributed by atoms with Crippen LogP contribution in [0.3, 0.4) is 0 Å². The second-order valence-electron chi connectivity index (χ2n) is 4.25. The van der Waals surface area contributed by atoms with Crippen molar-refractivity contribution in [1.82, 2.24) is 10.4 Å². The Hall–Kier alpha value is -1.59. The van der Waals surface area contributed by atoms with E-state index in [1.807, 2.05) is 6.92 Å². The minimum atomic E-state index is -0.702. The van der Waals surface area contributed by atoms with Crippen molar-refractivity contribution in [3.05, 3.63) is 34.9 Å². The van der Waals surface area contributed by atoms with Crippen molar-refractivity contribution in [2.45, 2.75) is 25.8 Å². The maximum absolute atomic E-state index is 12.1. The molecular weight excluding hydrogens is 268 g/mol. The molecule has 1 heterocycles. The van der Waals surface area contributed by atoms with Gasteiger partial charge in [0, 0.05) is 5.02 Å². The van der Waals surface area contributed by atoms with Gasteiger partial charge < -0.3 is 5.32 Å². The number of imide groups is 1. The fourth-order valence-corrected chi connectivity index (χ4v) is 1.89. The van der Waals surface area contributed by atoms with E-state index in [2.05, 4.69) is 5.32 Å². The molecular formula is C13H15ClN2O3. The van der Waals surface area contributed by atoms with Gasteiger partial charge in [0.15, 0.2) is 0 Å². The molecule has 6 heteroatoms. The topological polar surface area (TPSA) is 58.6 Å². The fraction of sp³-hybridized carbons (Fsp3) is 0.385. The number of benzene rings is 1. The first kappa shape index (κ1) is 13.8. The monoisotopic (exact) mass is 282 g/mol. The molecule has 1 unspecified atom stereocenters. The number of hydroxylamine groups is 2. The molecule has 2 rings (SSSR count). The number of halogens is 1. The van der Waals surface area contributed by atoms with Gasteiger partial charge in [-0.1, -0.05) is 37.1 Å². The average Bonchev–Trinajstić information content (AvgIpc) is 2.68. The zero-order chi connectivity index (χ0) is 13.8. The van der Waals surface area contributed by atoms with E-state index >= 15 is 0 Å². The van der Waals surface area contributed by atoms with E-state index in [-0.39, 0.29) is 0 Å². The Balaban J connectivity index is 2.07. The Morgan fingerprint density at radius 1 is 1.32 bits per heavy atom. The summed E-state index contributed by atoms with van der Waals surface area (Å²) < 4.78 is 0. The molecule has 0 aromatic heterocycles. The Kier molecular flexibility index (Phi) is 4.39. The third kappa shape index (κ3) is 3.05. The van der Waals surface area contributed by atoms with Gasteiger partial charge in [-0.15, -0.1) is 5.06 Å². The Morgan fingerprint density at radius 3 is 2.63 bits per heavy atom. The Labute approximate surface area is 116 Å². The molecule has 0 saturated carbocycles. The summed E-state index contributed by atoms with van der Waals surface area (Å²) in [4.78, 5) is 28.9. The van der Waals surface area contributed by atoms with Crippen molar-refractivity contribution in [1.29, 1.82) is 0 Å². The van der Waals surface area contributed by atoms with E-state index in [4.69, 9.17) is 16.4 Å². The molecule has 1 fully saturated rings. The molecule has 3 amide bonds. The van der Waals surface area contributed by atoms with Gasteiger partial charge in [-0.05, 0) is 24.1 Å². The second-order valence-corrected chi connectivity index (χ2v) is 4.69. The van der Waals surface area contributed by atoms with Crippen molar-refractivity contribution >= 4 is 23.5 Å². The molecule has 1 saturated heterocycles. The van der Waals surface area contributed by atoms with E-state index < -0.39 is 18.0 Å². The molecule has 0 bridgehead atoms. The van der Waals surface area contributed by atoms with Crippen LogP contribution in [0.4, 0.5) is 4.79 Å². The minimum Gasteiger partial charge on any atom is -0.320 e. The molecule has 1 aromatic rings. The lowest BCUT2D eigenvalue weighted by Crippen LogP contribution is -2.31. The standard InChI is InChI=1S/C13H15ClN2O3/c1-2-3-8-19-16-12(17)11(15-13(16)18)9-4-6-10(14)7-5-9/h4-7,11H,2-3,8H2,1H3,(H,15,18). The van der Waals surface area contributed by atoms with Gasteiger partial charge in [-0.25, -0.2) is 4.79 Å². The number of hydrogen-bond donors (Lipinski definition) is 1. The maximum atomic E-state index is 12.1. The van der Waals surface area contributed by atoms with Gasteiger partial charge in [-0.3, -0.25) is 9.63 Å². The Morgan fingerprint density at radius 2 is 2.00 bits per heavy atom. The highest BCUT2D eigenvalue weighted by molar-refractivity contribution is 6.30. The second kappa shape index (κ2) is 6.04. The normalized spacial score (nSPS) is 18.8. The number of carbonyl (C=O) groups excluding carboxylic acids is 2. The van der Waals surface area contributed by atoms with Crippen LogP contribution in [-0.2, 0) is 9.63 Å². The number of hydrogen-bond acceptors (Lipinski definition) is 3. The molecule has 0 spiro atoms. The van der Waals surface area contributed by atoms with E-state index in [1.54, 1.807) is 24.3 Å². The van der Waals surface area contributed by atoms with Gasteiger partial charge in [0.1, 0.15) is 6.04 Å². The van der Waals surface area contributed by atoms with Crippen LogP contribution in [0, 0.1) is 0 Å². The third-order valence-corrected chi connectivity index (χ3v) is 3.07. The molecule has 102 valence electrons. The largest absolute Gasteiger partial charge is 0.349 e. The molecule has 1 aliphatic rings. The van der Waals surface area contributed by atoms with E-state index in [1.165, 1.54) is 0 Å². The molecule has 0 radical (unpaired) electrons. The van der Waals surface area contributed by atoms with Crippen molar-refractivity contribution < 1.29 is 14.4 Å². The number of unbranched alkanes of at least 4 members (excludes halogenated alkanes) is 1. The molecule has 0 aliphatic carbocycles. The van der Waals surface area contributed by atoms with Crippen molar-refractivity contribution in [2.75, 3.05) is 6.61 Å². The van der Waals surface area contributed by atoms with E-state index in [0.717, 1.165) is 17.9 Å². The zero-order valence-electron chi connectivity index (χ0n) is 10.6. The van der Waals surface area contributed by atoms with Gasteiger partial charge in [0.25, 0.3) is 5.91 Å². The number of rotatable bonds is 5. The SMILES string of the molecule is CCCCON1C(=O)NC(c2ccc(Cl)cc2)C1=O. The minimum absolute atomic E-state index is 0.350. The lowest BCUT2D eigenvalue weighted by atomic mass is 10.1. The summed E-state index contributed by atoms with van der Waals surface area (Å²) in [7, 11) is 0. The van der Waals surface area contributed by atoms with Crippen LogP contribution in [0.25, 0.3) is 0 Å². The summed E-state index contributed by atoms with van der Waals surface area (Å²) in [5.74, 6) is -0.400. The Bertz CT molecular complexity index is 475. The maximum Gasteiger partial charge on any atom is 0.349 e. The first-order chi connectivity index (χ1) is 9.13. The van der Waals surface area contributed by atoms with Crippen LogP contribution in [-0.4, -0.2) is 23.6 Å². The lowest BCUT2D eigenvalue weighted by Gasteiger charge is -2.12. The summed E-state index contributed by atoms with van der Waals surface area (Å²) in [6, 6.07) is 5.54.